The zero-order valence-electron chi connectivity index (χ0n) is 10.5. The summed E-state index contributed by atoms with van der Waals surface area (Å²) in [5, 5.41) is 13.1. The predicted molar refractivity (Wildman–Crippen MR) is 72.8 cm³/mol. The molecule has 1 fully saturated rings. The SMILES string of the molecule is CC[C@@H](c1cccc(F)c1O)N1CCNCC1.Cl. The summed E-state index contributed by atoms with van der Waals surface area (Å²) in [5.41, 5.74) is 0.703. The van der Waals surface area contributed by atoms with E-state index in [-0.39, 0.29) is 24.2 Å². The molecule has 0 saturated carbocycles. The van der Waals surface area contributed by atoms with Crippen molar-refractivity contribution in [3.8, 4) is 5.75 Å². The second-order valence-corrected chi connectivity index (χ2v) is 4.39. The monoisotopic (exact) mass is 274 g/mol. The van der Waals surface area contributed by atoms with E-state index in [4.69, 9.17) is 0 Å². The van der Waals surface area contributed by atoms with Crippen LogP contribution in [0.1, 0.15) is 24.9 Å². The van der Waals surface area contributed by atoms with E-state index in [1.54, 1.807) is 6.07 Å². The van der Waals surface area contributed by atoms with Gasteiger partial charge < -0.3 is 10.4 Å². The highest BCUT2D eigenvalue weighted by molar-refractivity contribution is 5.85. The summed E-state index contributed by atoms with van der Waals surface area (Å²) in [5.74, 6) is -0.728. The first-order chi connectivity index (χ1) is 8.24. The molecule has 0 radical (unpaired) electrons. The van der Waals surface area contributed by atoms with Crippen LogP contribution >= 0.6 is 12.4 Å². The second kappa shape index (κ2) is 6.92. The Kier molecular flexibility index (Phi) is 5.85. The van der Waals surface area contributed by atoms with Crippen molar-refractivity contribution in [2.45, 2.75) is 19.4 Å². The summed E-state index contributed by atoms with van der Waals surface area (Å²) in [4.78, 5) is 2.30. The number of aromatic hydroxyl groups is 1. The van der Waals surface area contributed by atoms with Gasteiger partial charge in [-0.2, -0.15) is 0 Å². The van der Waals surface area contributed by atoms with E-state index < -0.39 is 5.82 Å². The van der Waals surface area contributed by atoms with Crippen LogP contribution in [0.5, 0.6) is 5.75 Å². The zero-order chi connectivity index (χ0) is 12.3. The van der Waals surface area contributed by atoms with Crippen molar-refractivity contribution in [2.24, 2.45) is 0 Å². The molecule has 102 valence electrons. The molecule has 5 heteroatoms. The standard InChI is InChI=1S/C13H19FN2O.ClH/c1-2-12(16-8-6-15-7-9-16)10-4-3-5-11(14)13(10)17;/h3-5,12,15,17H,2,6-9H2,1H3;1H/t12-;/m0./s1. The Labute approximate surface area is 113 Å². The molecule has 2 N–H and O–H groups in total. The van der Waals surface area contributed by atoms with E-state index in [9.17, 15) is 9.50 Å². The smallest absolute Gasteiger partial charge is 0.165 e. The maximum absolute atomic E-state index is 13.4. The molecule has 0 aliphatic carbocycles. The van der Waals surface area contributed by atoms with Gasteiger partial charge in [-0.3, -0.25) is 4.90 Å². The maximum atomic E-state index is 13.4. The van der Waals surface area contributed by atoms with Crippen LogP contribution in [-0.4, -0.2) is 36.2 Å². The summed E-state index contributed by atoms with van der Waals surface area (Å²) in [6.07, 6.45) is 0.872. The number of hydrogen-bond donors (Lipinski definition) is 2. The van der Waals surface area contributed by atoms with Gasteiger partial charge in [0.1, 0.15) is 0 Å². The van der Waals surface area contributed by atoms with Crippen LogP contribution in [0, 0.1) is 5.82 Å². The minimum atomic E-state index is -0.531. The van der Waals surface area contributed by atoms with Gasteiger partial charge >= 0.3 is 0 Å². The molecule has 1 aromatic rings. The molecule has 1 heterocycles. The molecule has 0 amide bonds. The molecule has 1 aliphatic heterocycles. The normalized spacial score (nSPS) is 18.1. The molecule has 0 bridgehead atoms. The molecule has 2 rings (SSSR count). The number of piperazine rings is 1. The van der Waals surface area contributed by atoms with Gasteiger partial charge in [-0.1, -0.05) is 19.1 Å². The van der Waals surface area contributed by atoms with E-state index in [0.717, 1.165) is 32.6 Å². The van der Waals surface area contributed by atoms with Crippen LogP contribution in [0.15, 0.2) is 18.2 Å². The third-order valence-corrected chi connectivity index (χ3v) is 3.36. The number of nitrogens with zero attached hydrogens (tertiary/aromatic N) is 1. The third-order valence-electron chi connectivity index (χ3n) is 3.36. The Balaban J connectivity index is 0.00000162. The lowest BCUT2D eigenvalue weighted by atomic mass is 10.0. The van der Waals surface area contributed by atoms with E-state index in [0.29, 0.717) is 5.56 Å². The fourth-order valence-electron chi connectivity index (χ4n) is 2.47. The van der Waals surface area contributed by atoms with Crippen LogP contribution in [0.3, 0.4) is 0 Å². The molecular weight excluding hydrogens is 255 g/mol. The molecule has 1 aliphatic rings. The van der Waals surface area contributed by atoms with Crippen molar-refractivity contribution in [1.29, 1.82) is 0 Å². The van der Waals surface area contributed by atoms with Crippen LogP contribution in [-0.2, 0) is 0 Å². The van der Waals surface area contributed by atoms with Gasteiger partial charge in [-0.05, 0) is 12.5 Å². The number of benzene rings is 1. The highest BCUT2D eigenvalue weighted by atomic mass is 35.5. The van der Waals surface area contributed by atoms with Crippen molar-refractivity contribution in [3.05, 3.63) is 29.6 Å². The maximum Gasteiger partial charge on any atom is 0.165 e. The first kappa shape index (κ1) is 15.2. The van der Waals surface area contributed by atoms with Gasteiger partial charge in [-0.15, -0.1) is 12.4 Å². The average Bonchev–Trinajstić information content (AvgIpc) is 2.37. The Morgan fingerprint density at radius 1 is 1.39 bits per heavy atom. The van der Waals surface area contributed by atoms with Crippen molar-refractivity contribution < 1.29 is 9.50 Å². The molecule has 1 aromatic carbocycles. The first-order valence-corrected chi connectivity index (χ1v) is 6.16. The van der Waals surface area contributed by atoms with Gasteiger partial charge in [0.15, 0.2) is 11.6 Å². The Morgan fingerprint density at radius 2 is 2.06 bits per heavy atom. The van der Waals surface area contributed by atoms with Gasteiger partial charge in [0.25, 0.3) is 0 Å². The van der Waals surface area contributed by atoms with Crippen molar-refractivity contribution >= 4 is 12.4 Å². The van der Waals surface area contributed by atoms with Crippen LogP contribution < -0.4 is 5.32 Å². The van der Waals surface area contributed by atoms with Crippen molar-refractivity contribution in [1.82, 2.24) is 10.2 Å². The summed E-state index contributed by atoms with van der Waals surface area (Å²) < 4.78 is 13.4. The van der Waals surface area contributed by atoms with E-state index in [2.05, 4.69) is 17.1 Å². The lowest BCUT2D eigenvalue weighted by Crippen LogP contribution is -2.45. The average molecular weight is 275 g/mol. The van der Waals surface area contributed by atoms with Crippen molar-refractivity contribution in [3.63, 3.8) is 0 Å². The topological polar surface area (TPSA) is 35.5 Å². The van der Waals surface area contributed by atoms with E-state index in [1.165, 1.54) is 6.07 Å². The molecule has 0 spiro atoms. The second-order valence-electron chi connectivity index (χ2n) is 4.39. The molecule has 18 heavy (non-hydrogen) atoms. The lowest BCUT2D eigenvalue weighted by Gasteiger charge is -2.35. The molecule has 1 atom stereocenters. The Hall–Kier alpha value is -0.840. The van der Waals surface area contributed by atoms with E-state index in [1.807, 2.05) is 6.07 Å². The summed E-state index contributed by atoms with van der Waals surface area (Å²) in [6.45, 7) is 5.85. The number of phenolic OH excluding ortho intramolecular Hbond substituents is 1. The molecular formula is C13H20ClFN2O. The number of halogens is 2. The fraction of sp³-hybridized carbons (Fsp3) is 0.538. The summed E-state index contributed by atoms with van der Waals surface area (Å²) >= 11 is 0. The van der Waals surface area contributed by atoms with E-state index >= 15 is 0 Å². The molecule has 3 nitrogen and oxygen atoms in total. The number of rotatable bonds is 3. The quantitative estimate of drug-likeness (QED) is 0.888. The Bertz CT molecular complexity index is 383. The van der Waals surface area contributed by atoms with Crippen molar-refractivity contribution in [2.75, 3.05) is 26.2 Å². The first-order valence-electron chi connectivity index (χ1n) is 6.16. The number of para-hydroxylation sites is 1. The van der Waals surface area contributed by atoms with Gasteiger partial charge in [-0.25, -0.2) is 4.39 Å². The lowest BCUT2D eigenvalue weighted by molar-refractivity contribution is 0.166. The van der Waals surface area contributed by atoms with Gasteiger partial charge in [0, 0.05) is 37.8 Å². The van der Waals surface area contributed by atoms with Gasteiger partial charge in [0.05, 0.1) is 0 Å². The van der Waals surface area contributed by atoms with Crippen LogP contribution in [0.2, 0.25) is 0 Å². The zero-order valence-corrected chi connectivity index (χ0v) is 11.3. The summed E-state index contributed by atoms with van der Waals surface area (Å²) in [6, 6.07) is 4.88. The number of hydrogen-bond acceptors (Lipinski definition) is 3. The van der Waals surface area contributed by atoms with Gasteiger partial charge in [0.2, 0.25) is 0 Å². The van der Waals surface area contributed by atoms with Crippen LogP contribution in [0.25, 0.3) is 0 Å². The largest absolute Gasteiger partial charge is 0.505 e. The molecule has 0 unspecified atom stereocenters. The predicted octanol–water partition coefficient (Wildman–Crippen LogP) is 2.31. The fourth-order valence-corrected chi connectivity index (χ4v) is 2.47. The Morgan fingerprint density at radius 3 is 2.67 bits per heavy atom. The minimum absolute atomic E-state index is 0. The number of nitrogens with one attached hydrogen (secondary N) is 1. The molecule has 0 aromatic heterocycles. The number of phenols is 1. The third kappa shape index (κ3) is 3.13. The highest BCUT2D eigenvalue weighted by Crippen LogP contribution is 2.32. The van der Waals surface area contributed by atoms with Crippen LogP contribution in [0.4, 0.5) is 4.39 Å². The minimum Gasteiger partial charge on any atom is -0.505 e. The summed E-state index contributed by atoms with van der Waals surface area (Å²) in [7, 11) is 0. The highest BCUT2D eigenvalue weighted by Gasteiger charge is 2.23. The molecule has 1 saturated heterocycles.